The van der Waals surface area contributed by atoms with Crippen LogP contribution in [0.5, 0.6) is 12.0 Å². The lowest BCUT2D eigenvalue weighted by Gasteiger charge is -2.14. The molecule has 0 spiro atoms. The van der Waals surface area contributed by atoms with Crippen LogP contribution in [0.4, 0.5) is 5.95 Å². The number of aromatic nitrogens is 3. The fourth-order valence-electron chi connectivity index (χ4n) is 1.40. The Kier molecular flexibility index (Phi) is 3.98. The molecule has 1 heterocycles. The Bertz CT molecular complexity index is 441. The fraction of sp³-hybridized carbons (Fsp3) is 0.636. The van der Waals surface area contributed by atoms with E-state index in [1.54, 1.807) is 6.92 Å². The molecule has 2 rings (SSSR count). The van der Waals surface area contributed by atoms with E-state index < -0.39 is 6.04 Å². The van der Waals surface area contributed by atoms with Gasteiger partial charge in [0, 0.05) is 6.04 Å². The van der Waals surface area contributed by atoms with Crippen molar-refractivity contribution >= 4 is 11.9 Å². The van der Waals surface area contributed by atoms with Gasteiger partial charge in [0.25, 0.3) is 0 Å². The number of ether oxygens (including phenoxy) is 2. The summed E-state index contributed by atoms with van der Waals surface area (Å²) in [4.78, 5) is 23.7. The van der Waals surface area contributed by atoms with Crippen LogP contribution in [0.1, 0.15) is 19.8 Å². The van der Waals surface area contributed by atoms with Crippen molar-refractivity contribution in [2.45, 2.75) is 31.8 Å². The lowest BCUT2D eigenvalue weighted by Crippen LogP contribution is -2.39. The SMILES string of the molecule is COc1nc(NC(C)C(=O)NC2CC2)nc(OC)n1. The van der Waals surface area contributed by atoms with Crippen molar-refractivity contribution in [2.75, 3.05) is 19.5 Å². The molecule has 0 bridgehead atoms. The monoisotopic (exact) mass is 267 g/mol. The van der Waals surface area contributed by atoms with E-state index in [1.807, 2.05) is 0 Å². The maximum atomic E-state index is 11.8. The second kappa shape index (κ2) is 5.68. The summed E-state index contributed by atoms with van der Waals surface area (Å²) in [7, 11) is 2.89. The summed E-state index contributed by atoms with van der Waals surface area (Å²) in [6.45, 7) is 1.74. The fourth-order valence-corrected chi connectivity index (χ4v) is 1.40. The van der Waals surface area contributed by atoms with Crippen LogP contribution in [-0.2, 0) is 4.79 Å². The Morgan fingerprint density at radius 3 is 2.26 bits per heavy atom. The molecule has 0 radical (unpaired) electrons. The highest BCUT2D eigenvalue weighted by molar-refractivity contribution is 5.84. The second-order valence-corrected chi connectivity index (χ2v) is 4.28. The van der Waals surface area contributed by atoms with Gasteiger partial charge in [-0.1, -0.05) is 0 Å². The van der Waals surface area contributed by atoms with Crippen molar-refractivity contribution in [3.63, 3.8) is 0 Å². The van der Waals surface area contributed by atoms with Gasteiger partial charge in [-0.15, -0.1) is 4.98 Å². The lowest BCUT2D eigenvalue weighted by molar-refractivity contribution is -0.121. The minimum Gasteiger partial charge on any atom is -0.467 e. The van der Waals surface area contributed by atoms with Crippen LogP contribution in [0.3, 0.4) is 0 Å². The van der Waals surface area contributed by atoms with Crippen LogP contribution in [-0.4, -0.2) is 47.2 Å². The molecule has 1 saturated carbocycles. The van der Waals surface area contributed by atoms with Gasteiger partial charge in [-0.2, -0.15) is 9.97 Å². The van der Waals surface area contributed by atoms with Crippen LogP contribution in [0, 0.1) is 0 Å². The number of rotatable bonds is 6. The predicted octanol–water partition coefficient (Wildman–Crippen LogP) is -0.0322. The Morgan fingerprint density at radius 2 is 1.79 bits per heavy atom. The second-order valence-electron chi connectivity index (χ2n) is 4.28. The number of anilines is 1. The number of carbonyl (C=O) groups is 1. The van der Waals surface area contributed by atoms with E-state index in [-0.39, 0.29) is 23.9 Å². The van der Waals surface area contributed by atoms with E-state index >= 15 is 0 Å². The van der Waals surface area contributed by atoms with Gasteiger partial charge in [0.2, 0.25) is 11.9 Å². The molecular weight excluding hydrogens is 250 g/mol. The standard InChI is InChI=1S/C11H17N5O3/c1-6(8(17)13-7-4-5-7)12-9-14-10(18-2)16-11(15-9)19-3/h6-7H,4-5H2,1-3H3,(H,13,17)(H,12,14,15,16). The summed E-state index contributed by atoms with van der Waals surface area (Å²) in [6.07, 6.45) is 2.09. The van der Waals surface area contributed by atoms with Crippen molar-refractivity contribution in [3.8, 4) is 12.0 Å². The summed E-state index contributed by atoms with van der Waals surface area (Å²) in [6, 6.07) is 0.130. The van der Waals surface area contributed by atoms with Crippen LogP contribution in [0.25, 0.3) is 0 Å². The number of nitrogens with one attached hydrogen (secondary N) is 2. The summed E-state index contributed by atoms with van der Waals surface area (Å²) >= 11 is 0. The minimum atomic E-state index is -0.447. The number of hydrogen-bond acceptors (Lipinski definition) is 7. The predicted molar refractivity (Wildman–Crippen MR) is 67.2 cm³/mol. The molecule has 1 amide bonds. The summed E-state index contributed by atoms with van der Waals surface area (Å²) in [5.74, 6) is 0.156. The Labute approximate surface area is 110 Å². The first kappa shape index (κ1) is 13.3. The molecule has 8 nitrogen and oxygen atoms in total. The molecule has 1 aliphatic carbocycles. The molecule has 104 valence electrons. The van der Waals surface area contributed by atoms with E-state index in [1.165, 1.54) is 14.2 Å². The van der Waals surface area contributed by atoms with E-state index in [2.05, 4.69) is 25.6 Å². The van der Waals surface area contributed by atoms with E-state index in [9.17, 15) is 4.79 Å². The van der Waals surface area contributed by atoms with Crippen LogP contribution in [0.2, 0.25) is 0 Å². The maximum Gasteiger partial charge on any atom is 0.324 e. The van der Waals surface area contributed by atoms with E-state index in [4.69, 9.17) is 9.47 Å². The van der Waals surface area contributed by atoms with Crippen LogP contribution in [0.15, 0.2) is 0 Å². The topological polar surface area (TPSA) is 98.3 Å². The zero-order valence-corrected chi connectivity index (χ0v) is 11.1. The third-order valence-electron chi connectivity index (χ3n) is 2.62. The first-order chi connectivity index (χ1) is 9.12. The van der Waals surface area contributed by atoms with Crippen LogP contribution < -0.4 is 20.1 Å². The Balaban J connectivity index is 2.01. The summed E-state index contributed by atoms with van der Waals surface area (Å²) in [5.41, 5.74) is 0. The molecule has 8 heteroatoms. The molecule has 0 aliphatic heterocycles. The van der Waals surface area contributed by atoms with Crippen LogP contribution >= 0.6 is 0 Å². The van der Waals surface area contributed by atoms with Crippen molar-refractivity contribution in [2.24, 2.45) is 0 Å². The number of carbonyl (C=O) groups excluding carboxylic acids is 1. The minimum absolute atomic E-state index is 0.0826. The van der Waals surface area contributed by atoms with Crippen molar-refractivity contribution in [1.82, 2.24) is 20.3 Å². The highest BCUT2D eigenvalue weighted by atomic mass is 16.5. The van der Waals surface area contributed by atoms with Crippen molar-refractivity contribution in [3.05, 3.63) is 0 Å². The molecule has 1 atom stereocenters. The van der Waals surface area contributed by atoms with Gasteiger partial charge >= 0.3 is 12.0 Å². The van der Waals surface area contributed by atoms with Crippen molar-refractivity contribution < 1.29 is 14.3 Å². The molecule has 0 saturated heterocycles. The highest BCUT2D eigenvalue weighted by Gasteiger charge is 2.26. The third-order valence-corrected chi connectivity index (χ3v) is 2.62. The number of methoxy groups -OCH3 is 2. The lowest BCUT2D eigenvalue weighted by atomic mass is 10.3. The van der Waals surface area contributed by atoms with Gasteiger partial charge < -0.3 is 20.1 Å². The zero-order valence-electron chi connectivity index (χ0n) is 11.1. The molecule has 1 aromatic rings. The van der Waals surface area contributed by atoms with Gasteiger partial charge in [-0.05, 0) is 19.8 Å². The van der Waals surface area contributed by atoms with Gasteiger partial charge in [0.1, 0.15) is 6.04 Å². The molecule has 1 aromatic heterocycles. The van der Waals surface area contributed by atoms with Gasteiger partial charge in [-0.25, -0.2) is 0 Å². The first-order valence-electron chi connectivity index (χ1n) is 6.03. The number of amides is 1. The average molecular weight is 267 g/mol. The molecule has 0 aromatic carbocycles. The Morgan fingerprint density at radius 1 is 1.21 bits per heavy atom. The molecule has 19 heavy (non-hydrogen) atoms. The smallest absolute Gasteiger partial charge is 0.324 e. The van der Waals surface area contributed by atoms with Crippen molar-refractivity contribution in [1.29, 1.82) is 0 Å². The molecule has 2 N–H and O–H groups in total. The maximum absolute atomic E-state index is 11.8. The van der Waals surface area contributed by atoms with E-state index in [0.29, 0.717) is 6.04 Å². The largest absolute Gasteiger partial charge is 0.467 e. The third kappa shape index (κ3) is 3.67. The van der Waals surface area contributed by atoms with E-state index in [0.717, 1.165) is 12.8 Å². The van der Waals surface area contributed by atoms with Gasteiger partial charge in [0.05, 0.1) is 14.2 Å². The molecule has 1 aliphatic rings. The molecular formula is C11H17N5O3. The van der Waals surface area contributed by atoms with Gasteiger partial charge in [0.15, 0.2) is 0 Å². The summed E-state index contributed by atoms with van der Waals surface area (Å²) in [5, 5.41) is 5.79. The molecule has 1 fully saturated rings. The number of nitrogens with zero attached hydrogens (tertiary/aromatic N) is 3. The highest BCUT2D eigenvalue weighted by Crippen LogP contribution is 2.19. The quantitative estimate of drug-likeness (QED) is 0.746. The van der Waals surface area contributed by atoms with Gasteiger partial charge in [-0.3, -0.25) is 4.79 Å². The zero-order chi connectivity index (χ0) is 13.8. The number of hydrogen-bond donors (Lipinski definition) is 2. The first-order valence-corrected chi connectivity index (χ1v) is 6.03. The normalized spacial score (nSPS) is 15.5. The summed E-state index contributed by atoms with van der Waals surface area (Å²) < 4.78 is 9.86. The Hall–Kier alpha value is -2.12. The average Bonchev–Trinajstić information content (AvgIpc) is 3.21. The molecule has 1 unspecified atom stereocenters.